The molecular formula is C15H24ClN. The molecule has 0 saturated heterocycles. The first kappa shape index (κ1) is 14.5. The highest BCUT2D eigenvalue weighted by Crippen LogP contribution is 2.29. The Morgan fingerprint density at radius 1 is 1.24 bits per heavy atom. The van der Waals surface area contributed by atoms with Crippen LogP contribution in [0.3, 0.4) is 0 Å². The molecule has 2 atom stereocenters. The Balaban J connectivity index is 2.99. The zero-order valence-corrected chi connectivity index (χ0v) is 12.4. The fraction of sp³-hybridized carbons (Fsp3) is 0.600. The van der Waals surface area contributed by atoms with Crippen molar-refractivity contribution in [3.8, 4) is 0 Å². The zero-order valence-electron chi connectivity index (χ0n) is 11.6. The molecule has 0 aliphatic heterocycles. The van der Waals surface area contributed by atoms with Crippen LogP contribution in [0.15, 0.2) is 12.1 Å². The monoisotopic (exact) mass is 253 g/mol. The van der Waals surface area contributed by atoms with Gasteiger partial charge >= 0.3 is 0 Å². The zero-order chi connectivity index (χ0) is 13.0. The highest BCUT2D eigenvalue weighted by molar-refractivity contribution is 6.31. The van der Waals surface area contributed by atoms with E-state index in [9.17, 15) is 0 Å². The van der Waals surface area contributed by atoms with E-state index in [1.54, 1.807) is 0 Å². The van der Waals surface area contributed by atoms with Crippen molar-refractivity contribution in [2.45, 2.75) is 46.6 Å². The Kier molecular flexibility index (Phi) is 5.48. The van der Waals surface area contributed by atoms with E-state index in [4.69, 9.17) is 11.6 Å². The molecule has 96 valence electrons. The van der Waals surface area contributed by atoms with Crippen molar-refractivity contribution in [3.05, 3.63) is 33.8 Å². The van der Waals surface area contributed by atoms with Gasteiger partial charge in [0.1, 0.15) is 0 Å². The van der Waals surface area contributed by atoms with Crippen LogP contribution in [0.1, 0.15) is 49.4 Å². The van der Waals surface area contributed by atoms with Gasteiger partial charge in [0, 0.05) is 11.1 Å². The number of halogens is 1. The molecule has 0 aliphatic carbocycles. The van der Waals surface area contributed by atoms with E-state index in [0.717, 1.165) is 16.5 Å². The molecule has 0 bridgehead atoms. The molecule has 1 aromatic rings. The van der Waals surface area contributed by atoms with Gasteiger partial charge in [-0.15, -0.1) is 0 Å². The molecule has 17 heavy (non-hydrogen) atoms. The number of aryl methyl sites for hydroxylation is 2. The van der Waals surface area contributed by atoms with Crippen LogP contribution in [-0.2, 0) is 0 Å². The first-order valence-corrected chi connectivity index (χ1v) is 6.81. The minimum atomic E-state index is 0.431. The first-order valence-electron chi connectivity index (χ1n) is 6.43. The average Bonchev–Trinajstić information content (AvgIpc) is 2.30. The van der Waals surface area contributed by atoms with Crippen molar-refractivity contribution < 1.29 is 0 Å². The summed E-state index contributed by atoms with van der Waals surface area (Å²) < 4.78 is 0. The normalized spacial score (nSPS) is 14.7. The van der Waals surface area contributed by atoms with Gasteiger partial charge in [0.05, 0.1) is 0 Å². The van der Waals surface area contributed by atoms with Gasteiger partial charge in [-0.3, -0.25) is 0 Å². The van der Waals surface area contributed by atoms with E-state index in [1.165, 1.54) is 24.0 Å². The Morgan fingerprint density at radius 3 is 2.41 bits per heavy atom. The third-order valence-electron chi connectivity index (χ3n) is 3.61. The van der Waals surface area contributed by atoms with Crippen LogP contribution >= 0.6 is 11.6 Å². The molecule has 2 heteroatoms. The predicted molar refractivity (Wildman–Crippen MR) is 76.8 cm³/mol. The lowest BCUT2D eigenvalue weighted by molar-refractivity contribution is 0.421. The molecule has 1 rings (SSSR count). The average molecular weight is 254 g/mol. The van der Waals surface area contributed by atoms with Gasteiger partial charge in [-0.25, -0.2) is 0 Å². The molecular weight excluding hydrogens is 230 g/mol. The highest BCUT2D eigenvalue weighted by atomic mass is 35.5. The maximum Gasteiger partial charge on any atom is 0.0438 e. The summed E-state index contributed by atoms with van der Waals surface area (Å²) >= 11 is 6.15. The van der Waals surface area contributed by atoms with Gasteiger partial charge in [-0.2, -0.15) is 0 Å². The summed E-state index contributed by atoms with van der Waals surface area (Å²) in [6.07, 6.45) is 2.40. The van der Waals surface area contributed by atoms with Crippen LogP contribution < -0.4 is 5.32 Å². The molecule has 0 amide bonds. The second-order valence-corrected chi connectivity index (χ2v) is 5.46. The van der Waals surface area contributed by atoms with Crippen molar-refractivity contribution in [1.29, 1.82) is 0 Å². The maximum atomic E-state index is 6.15. The van der Waals surface area contributed by atoms with Crippen LogP contribution in [0, 0.1) is 19.8 Å². The fourth-order valence-corrected chi connectivity index (χ4v) is 2.37. The van der Waals surface area contributed by atoms with Crippen molar-refractivity contribution in [2.75, 3.05) is 7.05 Å². The number of rotatable bonds is 5. The van der Waals surface area contributed by atoms with Crippen LogP contribution in [-0.4, -0.2) is 7.05 Å². The molecule has 0 heterocycles. The van der Waals surface area contributed by atoms with Crippen molar-refractivity contribution in [3.63, 3.8) is 0 Å². The quantitative estimate of drug-likeness (QED) is 0.805. The van der Waals surface area contributed by atoms with E-state index in [1.807, 2.05) is 7.05 Å². The van der Waals surface area contributed by atoms with Gasteiger partial charge in [0.15, 0.2) is 0 Å². The minimum Gasteiger partial charge on any atom is -0.313 e. The Morgan fingerprint density at radius 2 is 1.88 bits per heavy atom. The van der Waals surface area contributed by atoms with Crippen molar-refractivity contribution >= 4 is 11.6 Å². The van der Waals surface area contributed by atoms with Gasteiger partial charge in [-0.05, 0) is 56.0 Å². The Labute approximate surface area is 111 Å². The van der Waals surface area contributed by atoms with Crippen LogP contribution in [0.4, 0.5) is 0 Å². The second-order valence-electron chi connectivity index (χ2n) is 5.05. The minimum absolute atomic E-state index is 0.431. The van der Waals surface area contributed by atoms with Crippen LogP contribution in [0.5, 0.6) is 0 Å². The topological polar surface area (TPSA) is 12.0 Å². The van der Waals surface area contributed by atoms with E-state index >= 15 is 0 Å². The lowest BCUT2D eigenvalue weighted by atomic mass is 9.91. The Bertz CT molecular complexity index is 373. The van der Waals surface area contributed by atoms with Gasteiger partial charge in [-0.1, -0.05) is 37.9 Å². The molecule has 0 aromatic heterocycles. The highest BCUT2D eigenvalue weighted by Gasteiger charge is 2.15. The summed E-state index contributed by atoms with van der Waals surface area (Å²) in [6, 6.07) is 4.73. The molecule has 0 radical (unpaired) electrons. The van der Waals surface area contributed by atoms with Crippen LogP contribution in [0.2, 0.25) is 5.02 Å². The summed E-state index contributed by atoms with van der Waals surface area (Å²) in [7, 11) is 2.04. The summed E-state index contributed by atoms with van der Waals surface area (Å²) in [5.74, 6) is 0.739. The lowest BCUT2D eigenvalue weighted by Gasteiger charge is -2.22. The fourth-order valence-electron chi connectivity index (χ4n) is 2.15. The summed E-state index contributed by atoms with van der Waals surface area (Å²) in [5, 5.41) is 4.29. The van der Waals surface area contributed by atoms with E-state index in [2.05, 4.69) is 45.1 Å². The summed E-state index contributed by atoms with van der Waals surface area (Å²) in [5.41, 5.74) is 3.83. The third-order valence-corrected chi connectivity index (χ3v) is 4.01. The molecule has 0 aliphatic rings. The molecule has 1 N–H and O–H groups in total. The predicted octanol–water partition coefficient (Wildman–Crippen LogP) is 4.65. The lowest BCUT2D eigenvalue weighted by Crippen LogP contribution is -2.20. The van der Waals surface area contributed by atoms with E-state index < -0.39 is 0 Å². The number of nitrogens with one attached hydrogen (secondary N) is 1. The van der Waals surface area contributed by atoms with Crippen molar-refractivity contribution in [1.82, 2.24) is 5.32 Å². The number of hydrogen-bond acceptors (Lipinski definition) is 1. The van der Waals surface area contributed by atoms with Gasteiger partial charge in [0.25, 0.3) is 0 Å². The smallest absolute Gasteiger partial charge is 0.0438 e. The molecule has 1 nitrogen and oxygen atoms in total. The van der Waals surface area contributed by atoms with Crippen LogP contribution in [0.25, 0.3) is 0 Å². The third kappa shape index (κ3) is 3.72. The Hall–Kier alpha value is -0.530. The molecule has 1 aromatic carbocycles. The van der Waals surface area contributed by atoms with Gasteiger partial charge < -0.3 is 5.32 Å². The standard InChI is InChI=1S/C15H24ClN/c1-6-10(2)7-15(17-5)13-8-12(4)14(16)9-11(13)3/h8-10,15,17H,6-7H2,1-5H3. The number of hydrogen-bond donors (Lipinski definition) is 1. The molecule has 0 fully saturated rings. The van der Waals surface area contributed by atoms with E-state index in [-0.39, 0.29) is 0 Å². The van der Waals surface area contributed by atoms with Gasteiger partial charge in [0.2, 0.25) is 0 Å². The van der Waals surface area contributed by atoms with E-state index in [0.29, 0.717) is 6.04 Å². The molecule has 2 unspecified atom stereocenters. The summed E-state index contributed by atoms with van der Waals surface area (Å²) in [6.45, 7) is 8.77. The second kappa shape index (κ2) is 6.42. The number of benzene rings is 1. The maximum absolute atomic E-state index is 6.15. The SMILES string of the molecule is CCC(C)CC(NC)c1cc(C)c(Cl)cc1C. The largest absolute Gasteiger partial charge is 0.313 e. The molecule has 0 spiro atoms. The molecule has 0 saturated carbocycles. The first-order chi connectivity index (χ1) is 7.99. The van der Waals surface area contributed by atoms with Crippen molar-refractivity contribution in [2.24, 2.45) is 5.92 Å². The summed E-state index contributed by atoms with van der Waals surface area (Å²) in [4.78, 5) is 0.